The lowest BCUT2D eigenvalue weighted by atomic mass is 10.2. The lowest BCUT2D eigenvalue weighted by molar-refractivity contribution is -0.117. The third-order valence-electron chi connectivity index (χ3n) is 6.21. The molecule has 2 fully saturated rings. The van der Waals surface area contributed by atoms with Crippen LogP contribution in [0.15, 0.2) is 41.4 Å². The van der Waals surface area contributed by atoms with Crippen LogP contribution >= 0.6 is 11.6 Å². The van der Waals surface area contributed by atoms with Crippen LogP contribution in [0.1, 0.15) is 24.8 Å². The molecule has 10 heteroatoms. The molecule has 2 saturated heterocycles. The molecule has 0 aliphatic carbocycles. The first-order valence-electron chi connectivity index (χ1n) is 11.3. The highest BCUT2D eigenvalue weighted by Gasteiger charge is 2.27. The molecule has 1 N–H and O–H groups in total. The molecule has 2 aliphatic rings. The Kier molecular flexibility index (Phi) is 7.53. The van der Waals surface area contributed by atoms with E-state index in [4.69, 9.17) is 11.6 Å². The second-order valence-corrected chi connectivity index (χ2v) is 11.0. The van der Waals surface area contributed by atoms with Crippen molar-refractivity contribution in [1.82, 2.24) is 14.2 Å². The Hall–Kier alpha value is -2.20. The molecule has 0 saturated carbocycles. The number of carbonyl (C=O) groups is 1. The van der Waals surface area contributed by atoms with Crippen molar-refractivity contribution in [3.8, 4) is 0 Å². The lowest BCUT2D eigenvalue weighted by Crippen LogP contribution is -2.48. The molecule has 3 heterocycles. The van der Waals surface area contributed by atoms with Crippen LogP contribution in [0.4, 0.5) is 11.5 Å². The lowest BCUT2D eigenvalue weighted by Gasteiger charge is -2.35. The second-order valence-electron chi connectivity index (χ2n) is 8.59. The number of halogens is 1. The van der Waals surface area contributed by atoms with Crippen LogP contribution in [-0.2, 0) is 14.8 Å². The summed E-state index contributed by atoms with van der Waals surface area (Å²) in [6.07, 6.45) is 4.47. The number of sulfonamides is 1. The molecule has 178 valence electrons. The summed E-state index contributed by atoms with van der Waals surface area (Å²) in [5.41, 5.74) is 1.38. The molecule has 1 amide bonds. The minimum Gasteiger partial charge on any atom is -0.354 e. The van der Waals surface area contributed by atoms with Gasteiger partial charge in [-0.15, -0.1) is 0 Å². The first-order chi connectivity index (χ1) is 15.8. The Morgan fingerprint density at radius 3 is 2.42 bits per heavy atom. The predicted molar refractivity (Wildman–Crippen MR) is 130 cm³/mol. The van der Waals surface area contributed by atoms with Gasteiger partial charge in [0.2, 0.25) is 15.9 Å². The molecule has 0 atom stereocenters. The van der Waals surface area contributed by atoms with E-state index < -0.39 is 10.0 Å². The van der Waals surface area contributed by atoms with Gasteiger partial charge in [-0.2, -0.15) is 4.31 Å². The monoisotopic (exact) mass is 491 g/mol. The van der Waals surface area contributed by atoms with E-state index in [-0.39, 0.29) is 17.3 Å². The van der Waals surface area contributed by atoms with Crippen molar-refractivity contribution in [3.05, 3.63) is 47.1 Å². The Bertz CT molecular complexity index is 1080. The van der Waals surface area contributed by atoms with E-state index in [1.807, 2.05) is 19.1 Å². The van der Waals surface area contributed by atoms with Gasteiger partial charge in [0.25, 0.3) is 0 Å². The fourth-order valence-corrected chi connectivity index (χ4v) is 5.89. The van der Waals surface area contributed by atoms with Crippen LogP contribution < -0.4 is 10.2 Å². The number of rotatable bonds is 6. The summed E-state index contributed by atoms with van der Waals surface area (Å²) in [5.74, 6) is 0.731. The predicted octanol–water partition coefficient (Wildman–Crippen LogP) is 2.98. The standard InChI is InChI=1S/C23H30ClN5O3S/c1-18-5-7-20(33(31,32)29-9-3-2-4-10-29)15-21(18)26-23(30)17-27-11-13-28(14-12-27)22-8-6-19(24)16-25-22/h5-8,15-16H,2-4,9-14,17H2,1H3,(H,26,30). The number of pyridine rings is 1. The third-order valence-corrected chi connectivity index (χ3v) is 8.33. The molecule has 0 bridgehead atoms. The minimum atomic E-state index is -3.55. The van der Waals surface area contributed by atoms with Gasteiger partial charge in [-0.3, -0.25) is 9.69 Å². The summed E-state index contributed by atoms with van der Waals surface area (Å²) in [6.45, 7) is 6.23. The second kappa shape index (κ2) is 10.4. The summed E-state index contributed by atoms with van der Waals surface area (Å²) >= 11 is 5.91. The highest BCUT2D eigenvalue weighted by molar-refractivity contribution is 7.89. The van der Waals surface area contributed by atoms with Crippen LogP contribution in [0.2, 0.25) is 5.02 Å². The van der Waals surface area contributed by atoms with Gasteiger partial charge in [0, 0.05) is 51.2 Å². The Morgan fingerprint density at radius 2 is 1.76 bits per heavy atom. The molecule has 1 aromatic carbocycles. The maximum absolute atomic E-state index is 13.0. The molecule has 4 rings (SSSR count). The van der Waals surface area contributed by atoms with Crippen molar-refractivity contribution < 1.29 is 13.2 Å². The maximum Gasteiger partial charge on any atom is 0.243 e. The first-order valence-corrected chi connectivity index (χ1v) is 13.1. The number of hydrogen-bond acceptors (Lipinski definition) is 6. The summed E-state index contributed by atoms with van der Waals surface area (Å²) in [5, 5.41) is 3.53. The summed E-state index contributed by atoms with van der Waals surface area (Å²) < 4.78 is 27.6. The highest BCUT2D eigenvalue weighted by atomic mass is 35.5. The van der Waals surface area contributed by atoms with E-state index in [2.05, 4.69) is 20.1 Å². The quantitative estimate of drug-likeness (QED) is 0.668. The van der Waals surface area contributed by atoms with Gasteiger partial charge < -0.3 is 10.2 Å². The molecule has 0 unspecified atom stereocenters. The van der Waals surface area contributed by atoms with E-state index >= 15 is 0 Å². The Morgan fingerprint density at radius 1 is 1.03 bits per heavy atom. The molecule has 1 aromatic heterocycles. The van der Waals surface area contributed by atoms with Crippen molar-refractivity contribution in [2.45, 2.75) is 31.1 Å². The van der Waals surface area contributed by atoms with Crippen molar-refractivity contribution in [2.75, 3.05) is 56.0 Å². The van der Waals surface area contributed by atoms with E-state index in [1.165, 1.54) is 0 Å². The maximum atomic E-state index is 13.0. The minimum absolute atomic E-state index is 0.149. The summed E-state index contributed by atoms with van der Waals surface area (Å²) in [6, 6.07) is 8.69. The molecule has 8 nitrogen and oxygen atoms in total. The van der Waals surface area contributed by atoms with Gasteiger partial charge in [0.1, 0.15) is 5.82 Å². The molecule has 0 spiro atoms. The van der Waals surface area contributed by atoms with E-state index in [1.54, 1.807) is 28.7 Å². The number of nitrogens with zero attached hydrogens (tertiary/aromatic N) is 4. The largest absolute Gasteiger partial charge is 0.354 e. The number of amides is 1. The molecule has 2 aromatic rings. The van der Waals surface area contributed by atoms with Gasteiger partial charge in [-0.25, -0.2) is 13.4 Å². The molecule has 2 aliphatic heterocycles. The van der Waals surface area contributed by atoms with Crippen LogP contribution in [0.25, 0.3) is 0 Å². The fourth-order valence-electron chi connectivity index (χ4n) is 4.23. The Labute approximate surface area is 200 Å². The zero-order chi connectivity index (χ0) is 23.4. The number of piperidine rings is 1. The number of hydrogen-bond donors (Lipinski definition) is 1. The van der Waals surface area contributed by atoms with Gasteiger partial charge in [-0.05, 0) is 49.6 Å². The number of carbonyl (C=O) groups excluding carboxylic acids is 1. The van der Waals surface area contributed by atoms with Crippen LogP contribution in [-0.4, -0.2) is 74.3 Å². The van der Waals surface area contributed by atoms with Crippen molar-refractivity contribution in [1.29, 1.82) is 0 Å². The van der Waals surface area contributed by atoms with Gasteiger partial charge >= 0.3 is 0 Å². The normalized spacial score (nSPS) is 18.3. The van der Waals surface area contributed by atoms with Gasteiger partial charge in [0.05, 0.1) is 16.5 Å². The number of piperazine rings is 1. The Balaban J connectivity index is 1.35. The number of aromatic nitrogens is 1. The highest BCUT2D eigenvalue weighted by Crippen LogP contribution is 2.25. The topological polar surface area (TPSA) is 85.8 Å². The van der Waals surface area contributed by atoms with E-state index in [9.17, 15) is 13.2 Å². The van der Waals surface area contributed by atoms with Crippen LogP contribution in [0, 0.1) is 6.92 Å². The van der Waals surface area contributed by atoms with E-state index in [0.717, 1.165) is 56.8 Å². The average Bonchev–Trinajstić information content (AvgIpc) is 2.82. The fraction of sp³-hybridized carbons (Fsp3) is 0.478. The summed E-state index contributed by atoms with van der Waals surface area (Å²) in [4.78, 5) is 21.6. The van der Waals surface area contributed by atoms with Crippen molar-refractivity contribution in [3.63, 3.8) is 0 Å². The van der Waals surface area contributed by atoms with Crippen LogP contribution in [0.3, 0.4) is 0 Å². The number of aryl methyl sites for hydroxylation is 1. The smallest absolute Gasteiger partial charge is 0.243 e. The first kappa shape index (κ1) is 23.9. The van der Waals surface area contributed by atoms with Crippen molar-refractivity contribution >= 4 is 39.0 Å². The average molecular weight is 492 g/mol. The zero-order valence-corrected chi connectivity index (χ0v) is 20.4. The molecule has 33 heavy (non-hydrogen) atoms. The van der Waals surface area contributed by atoms with Crippen molar-refractivity contribution in [2.24, 2.45) is 0 Å². The molecule has 0 radical (unpaired) electrons. The SMILES string of the molecule is Cc1ccc(S(=O)(=O)N2CCCCC2)cc1NC(=O)CN1CCN(c2ccc(Cl)cn2)CC1. The zero-order valence-electron chi connectivity index (χ0n) is 18.8. The summed E-state index contributed by atoms with van der Waals surface area (Å²) in [7, 11) is -3.55. The van der Waals surface area contributed by atoms with Gasteiger partial charge in [0.15, 0.2) is 0 Å². The van der Waals surface area contributed by atoms with Crippen LogP contribution in [0.5, 0.6) is 0 Å². The number of nitrogens with one attached hydrogen (secondary N) is 1. The van der Waals surface area contributed by atoms with E-state index in [0.29, 0.717) is 23.8 Å². The third kappa shape index (κ3) is 5.84. The molecular formula is C23H30ClN5O3S. The van der Waals surface area contributed by atoms with Gasteiger partial charge in [-0.1, -0.05) is 24.1 Å². The molecular weight excluding hydrogens is 462 g/mol. The number of anilines is 2. The number of benzene rings is 1.